The van der Waals surface area contributed by atoms with Gasteiger partial charge in [-0.3, -0.25) is 0 Å². The predicted molar refractivity (Wildman–Crippen MR) is 75.7 cm³/mol. The number of benzene rings is 1. The molecule has 2 aromatic rings. The Morgan fingerprint density at radius 1 is 1.50 bits per heavy atom. The van der Waals surface area contributed by atoms with Gasteiger partial charge in [0.2, 0.25) is 5.95 Å². The fourth-order valence-corrected chi connectivity index (χ4v) is 2.59. The van der Waals surface area contributed by atoms with Crippen LogP contribution in [0.1, 0.15) is 18.5 Å². The first-order chi connectivity index (χ1) is 10.5. The minimum Gasteiger partial charge on any atom is -0.466 e. The van der Waals surface area contributed by atoms with Gasteiger partial charge in [-0.1, -0.05) is 28.8 Å². The summed E-state index contributed by atoms with van der Waals surface area (Å²) in [5.74, 6) is -0.934. The molecule has 0 saturated heterocycles. The number of nitrogens with one attached hydrogen (secondary N) is 1. The summed E-state index contributed by atoms with van der Waals surface area (Å²) in [6.07, 6.45) is 0. The van der Waals surface area contributed by atoms with E-state index in [1.165, 1.54) is 23.9 Å². The molecule has 0 fully saturated rings. The van der Waals surface area contributed by atoms with Crippen molar-refractivity contribution in [1.82, 2.24) is 20.2 Å². The first kappa shape index (κ1) is 14.5. The van der Waals surface area contributed by atoms with E-state index in [4.69, 9.17) is 16.3 Å². The zero-order valence-corrected chi connectivity index (χ0v) is 12.4. The fraction of sp³-hybridized carbons (Fsp3) is 0.231. The van der Waals surface area contributed by atoms with Crippen molar-refractivity contribution in [3.63, 3.8) is 0 Å². The molecule has 1 atom stereocenters. The molecule has 1 aliphatic rings. The number of aromatic nitrogens is 4. The van der Waals surface area contributed by atoms with Gasteiger partial charge in [0, 0.05) is 11.3 Å². The number of hydrogen-bond donors (Lipinski definition) is 1. The van der Waals surface area contributed by atoms with Crippen LogP contribution in [-0.4, -0.2) is 33.3 Å². The van der Waals surface area contributed by atoms with E-state index in [1.54, 1.807) is 13.0 Å². The summed E-state index contributed by atoms with van der Waals surface area (Å²) >= 11 is 5.85. The average molecular weight is 324 g/mol. The fourth-order valence-electron chi connectivity index (χ4n) is 2.41. The predicted octanol–water partition coefficient (Wildman–Crippen LogP) is 1.93. The second-order valence-corrected chi connectivity index (χ2v) is 5.06. The van der Waals surface area contributed by atoms with E-state index in [9.17, 15) is 9.18 Å². The SMILES string of the molecule is COC(=O)C1=C(C)Nc2nnnn2[C@H]1c1cccc(Cl)c1F. The van der Waals surface area contributed by atoms with Crippen molar-refractivity contribution in [1.29, 1.82) is 0 Å². The van der Waals surface area contributed by atoms with Gasteiger partial charge in [0.15, 0.2) is 0 Å². The van der Waals surface area contributed by atoms with Crippen molar-refractivity contribution < 1.29 is 13.9 Å². The Kier molecular flexibility index (Phi) is 3.53. The first-order valence-corrected chi connectivity index (χ1v) is 6.70. The molecule has 1 aliphatic heterocycles. The highest BCUT2D eigenvalue weighted by Gasteiger charge is 2.36. The van der Waals surface area contributed by atoms with Crippen LogP contribution >= 0.6 is 11.6 Å². The number of fused-ring (bicyclic) bond motifs is 1. The van der Waals surface area contributed by atoms with E-state index >= 15 is 0 Å². The Morgan fingerprint density at radius 3 is 3.00 bits per heavy atom. The topological polar surface area (TPSA) is 81.9 Å². The van der Waals surface area contributed by atoms with Crippen LogP contribution in [0.3, 0.4) is 0 Å². The van der Waals surface area contributed by atoms with Gasteiger partial charge in [0.05, 0.1) is 17.7 Å². The normalized spacial score (nSPS) is 17.0. The van der Waals surface area contributed by atoms with E-state index in [0.29, 0.717) is 11.6 Å². The number of esters is 1. The molecular weight excluding hydrogens is 313 g/mol. The maximum Gasteiger partial charge on any atom is 0.338 e. The standard InChI is InChI=1S/C13H11ClFN5O2/c1-6-9(12(21)22-2)11(20-13(16-6)17-18-19-20)7-4-3-5-8(14)10(7)15/h3-5,11H,1-2H3,(H,16,17,19)/t11-/m0/s1. The lowest BCUT2D eigenvalue weighted by molar-refractivity contribution is -0.136. The summed E-state index contributed by atoms with van der Waals surface area (Å²) in [5, 5.41) is 14.0. The molecule has 0 amide bonds. The number of anilines is 1. The number of rotatable bonds is 2. The molecule has 3 rings (SSSR count). The van der Waals surface area contributed by atoms with Crippen LogP contribution in [-0.2, 0) is 9.53 Å². The second kappa shape index (κ2) is 5.38. The van der Waals surface area contributed by atoms with Crippen LogP contribution in [0, 0.1) is 5.82 Å². The third kappa shape index (κ3) is 2.12. The lowest BCUT2D eigenvalue weighted by atomic mass is 9.95. The number of ether oxygens (including phenoxy) is 1. The summed E-state index contributed by atoms with van der Waals surface area (Å²) < 4.78 is 20.6. The summed E-state index contributed by atoms with van der Waals surface area (Å²) in [6, 6.07) is 3.68. The average Bonchev–Trinajstić information content (AvgIpc) is 2.96. The van der Waals surface area contributed by atoms with E-state index in [0.717, 1.165) is 0 Å². The van der Waals surface area contributed by atoms with Crippen molar-refractivity contribution in [2.75, 3.05) is 12.4 Å². The van der Waals surface area contributed by atoms with Gasteiger partial charge in [0.1, 0.15) is 11.9 Å². The molecular formula is C13H11ClFN5O2. The zero-order valence-electron chi connectivity index (χ0n) is 11.7. The Labute approximate surface area is 129 Å². The number of nitrogens with zero attached hydrogens (tertiary/aromatic N) is 4. The van der Waals surface area contributed by atoms with Crippen LogP contribution in [0.25, 0.3) is 0 Å². The maximum absolute atomic E-state index is 14.4. The molecule has 7 nitrogen and oxygen atoms in total. The quantitative estimate of drug-likeness (QED) is 0.850. The van der Waals surface area contributed by atoms with Gasteiger partial charge in [-0.25, -0.2) is 9.18 Å². The zero-order chi connectivity index (χ0) is 15.9. The van der Waals surface area contributed by atoms with Crippen LogP contribution in [0.4, 0.5) is 10.3 Å². The van der Waals surface area contributed by atoms with Gasteiger partial charge < -0.3 is 10.1 Å². The highest BCUT2D eigenvalue weighted by Crippen LogP contribution is 2.37. The van der Waals surface area contributed by atoms with Crippen LogP contribution in [0.2, 0.25) is 5.02 Å². The van der Waals surface area contributed by atoms with Crippen LogP contribution < -0.4 is 5.32 Å². The lowest BCUT2D eigenvalue weighted by Gasteiger charge is -2.27. The maximum atomic E-state index is 14.4. The highest BCUT2D eigenvalue weighted by atomic mass is 35.5. The molecule has 0 radical (unpaired) electrons. The van der Waals surface area contributed by atoms with Crippen molar-refractivity contribution in [2.24, 2.45) is 0 Å². The number of tetrazole rings is 1. The number of halogens is 2. The minimum atomic E-state index is -0.864. The van der Waals surface area contributed by atoms with Crippen LogP contribution in [0.5, 0.6) is 0 Å². The van der Waals surface area contributed by atoms with Gasteiger partial charge in [-0.2, -0.15) is 4.68 Å². The van der Waals surface area contributed by atoms with Crippen molar-refractivity contribution in [2.45, 2.75) is 13.0 Å². The molecule has 0 saturated carbocycles. The third-order valence-electron chi connectivity index (χ3n) is 3.40. The van der Waals surface area contributed by atoms with Gasteiger partial charge >= 0.3 is 5.97 Å². The van der Waals surface area contributed by atoms with Gasteiger partial charge in [-0.05, 0) is 23.4 Å². The van der Waals surface area contributed by atoms with Gasteiger partial charge in [0.25, 0.3) is 0 Å². The highest BCUT2D eigenvalue weighted by molar-refractivity contribution is 6.30. The van der Waals surface area contributed by atoms with E-state index < -0.39 is 17.8 Å². The van der Waals surface area contributed by atoms with Crippen LogP contribution in [0.15, 0.2) is 29.5 Å². The number of carbonyl (C=O) groups is 1. The third-order valence-corrected chi connectivity index (χ3v) is 3.69. The molecule has 0 bridgehead atoms. The molecule has 0 spiro atoms. The van der Waals surface area contributed by atoms with Crippen molar-refractivity contribution in [3.8, 4) is 0 Å². The number of carbonyl (C=O) groups excluding carboxylic acids is 1. The summed E-state index contributed by atoms with van der Waals surface area (Å²) in [7, 11) is 1.25. The molecule has 2 heterocycles. The smallest absolute Gasteiger partial charge is 0.338 e. The van der Waals surface area contributed by atoms with Gasteiger partial charge in [-0.15, -0.1) is 0 Å². The molecule has 0 unspecified atom stereocenters. The summed E-state index contributed by atoms with van der Waals surface area (Å²) in [4.78, 5) is 12.1. The van der Waals surface area contributed by atoms with Crippen molar-refractivity contribution >= 4 is 23.5 Å². The molecule has 1 aromatic carbocycles. The van der Waals surface area contributed by atoms with E-state index in [2.05, 4.69) is 20.8 Å². The molecule has 1 aromatic heterocycles. The number of allylic oxidation sites excluding steroid dienone is 1. The number of methoxy groups -OCH3 is 1. The first-order valence-electron chi connectivity index (χ1n) is 6.32. The number of hydrogen-bond acceptors (Lipinski definition) is 6. The largest absolute Gasteiger partial charge is 0.466 e. The molecule has 114 valence electrons. The lowest BCUT2D eigenvalue weighted by Crippen LogP contribution is -2.30. The van der Waals surface area contributed by atoms with E-state index in [1.807, 2.05) is 0 Å². The Bertz CT molecular complexity index is 788. The van der Waals surface area contributed by atoms with Crippen molar-refractivity contribution in [3.05, 3.63) is 45.9 Å². The summed E-state index contributed by atoms with van der Waals surface area (Å²) in [5.41, 5.74) is 0.879. The Balaban J connectivity index is 2.25. The molecule has 0 aliphatic carbocycles. The second-order valence-electron chi connectivity index (χ2n) is 4.65. The Hall–Kier alpha value is -2.48. The minimum absolute atomic E-state index is 0.0486. The molecule has 1 N–H and O–H groups in total. The monoisotopic (exact) mass is 323 g/mol. The van der Waals surface area contributed by atoms with E-state index in [-0.39, 0.29) is 16.2 Å². The Morgan fingerprint density at radius 2 is 2.27 bits per heavy atom. The summed E-state index contributed by atoms with van der Waals surface area (Å²) in [6.45, 7) is 1.67. The molecule has 9 heteroatoms. The molecule has 22 heavy (non-hydrogen) atoms.